The van der Waals surface area contributed by atoms with E-state index in [2.05, 4.69) is 43.2 Å². The summed E-state index contributed by atoms with van der Waals surface area (Å²) in [6.45, 7) is 7.33. The van der Waals surface area contributed by atoms with Crippen molar-refractivity contribution >= 4 is 0 Å². The number of hydrogen-bond acceptors (Lipinski definition) is 3. The third-order valence-corrected chi connectivity index (χ3v) is 3.41. The number of ether oxygens (including phenoxy) is 1. The van der Waals surface area contributed by atoms with Crippen molar-refractivity contribution in [2.24, 2.45) is 0 Å². The Hall–Kier alpha value is -1.87. The van der Waals surface area contributed by atoms with E-state index in [1.54, 1.807) is 6.20 Å². The van der Waals surface area contributed by atoms with Gasteiger partial charge in [0.15, 0.2) is 0 Å². The Balaban J connectivity index is 1.99. The minimum absolute atomic E-state index is 0.261. The first-order chi connectivity index (χ1) is 10.2. The SMILES string of the molecule is CCCc1ccc(Oc2ccc(C(C)NCC)nc2)cc1. The van der Waals surface area contributed by atoms with E-state index < -0.39 is 0 Å². The molecular formula is C18H24N2O. The van der Waals surface area contributed by atoms with Crippen LogP contribution in [0.1, 0.15) is 44.5 Å². The van der Waals surface area contributed by atoms with Gasteiger partial charge in [-0.2, -0.15) is 0 Å². The van der Waals surface area contributed by atoms with Gasteiger partial charge in [-0.1, -0.05) is 32.4 Å². The van der Waals surface area contributed by atoms with Crippen LogP contribution in [0.15, 0.2) is 42.6 Å². The molecule has 2 rings (SSSR count). The number of nitrogens with one attached hydrogen (secondary N) is 1. The number of pyridine rings is 1. The highest BCUT2D eigenvalue weighted by Gasteiger charge is 2.05. The van der Waals surface area contributed by atoms with Crippen molar-refractivity contribution < 1.29 is 4.74 Å². The third kappa shape index (κ3) is 4.57. The van der Waals surface area contributed by atoms with E-state index in [-0.39, 0.29) is 6.04 Å². The molecule has 1 aromatic heterocycles. The molecule has 0 saturated carbocycles. The van der Waals surface area contributed by atoms with Crippen LogP contribution in [0.5, 0.6) is 11.5 Å². The van der Waals surface area contributed by atoms with Crippen molar-refractivity contribution in [3.05, 3.63) is 53.9 Å². The third-order valence-electron chi connectivity index (χ3n) is 3.41. The van der Waals surface area contributed by atoms with Crippen molar-refractivity contribution in [2.45, 2.75) is 39.7 Å². The summed E-state index contributed by atoms with van der Waals surface area (Å²) >= 11 is 0. The van der Waals surface area contributed by atoms with Crippen LogP contribution in [0.2, 0.25) is 0 Å². The van der Waals surface area contributed by atoms with Crippen LogP contribution < -0.4 is 10.1 Å². The molecule has 1 N–H and O–H groups in total. The molecule has 0 bridgehead atoms. The van der Waals surface area contributed by atoms with E-state index in [1.165, 1.54) is 5.56 Å². The summed E-state index contributed by atoms with van der Waals surface area (Å²) in [5, 5.41) is 3.35. The van der Waals surface area contributed by atoms with Crippen LogP contribution in [-0.2, 0) is 6.42 Å². The Morgan fingerprint density at radius 2 is 1.76 bits per heavy atom. The van der Waals surface area contributed by atoms with Crippen molar-refractivity contribution in [1.82, 2.24) is 10.3 Å². The highest BCUT2D eigenvalue weighted by molar-refractivity contribution is 5.32. The highest BCUT2D eigenvalue weighted by atomic mass is 16.5. The minimum atomic E-state index is 0.261. The van der Waals surface area contributed by atoms with Gasteiger partial charge in [-0.05, 0) is 49.7 Å². The standard InChI is InChI=1S/C18H24N2O/c1-4-6-15-7-9-16(10-8-15)21-17-11-12-18(20-13-17)14(3)19-5-2/h7-14,19H,4-6H2,1-3H3. The highest BCUT2D eigenvalue weighted by Crippen LogP contribution is 2.22. The smallest absolute Gasteiger partial charge is 0.145 e. The molecule has 0 aliphatic heterocycles. The predicted octanol–water partition coefficient (Wildman–Crippen LogP) is 4.50. The van der Waals surface area contributed by atoms with E-state index in [0.717, 1.165) is 36.6 Å². The zero-order valence-electron chi connectivity index (χ0n) is 13.1. The second kappa shape index (κ2) is 7.79. The van der Waals surface area contributed by atoms with Crippen molar-refractivity contribution in [2.75, 3.05) is 6.54 Å². The molecule has 21 heavy (non-hydrogen) atoms. The van der Waals surface area contributed by atoms with Crippen LogP contribution in [0.25, 0.3) is 0 Å². The first-order valence-corrected chi connectivity index (χ1v) is 7.69. The average Bonchev–Trinajstić information content (AvgIpc) is 2.50. The van der Waals surface area contributed by atoms with Gasteiger partial charge in [0.2, 0.25) is 0 Å². The van der Waals surface area contributed by atoms with E-state index in [1.807, 2.05) is 24.3 Å². The molecule has 1 heterocycles. The maximum Gasteiger partial charge on any atom is 0.145 e. The lowest BCUT2D eigenvalue weighted by atomic mass is 10.1. The number of aryl methyl sites for hydroxylation is 1. The van der Waals surface area contributed by atoms with Crippen LogP contribution in [0.4, 0.5) is 0 Å². The van der Waals surface area contributed by atoms with Crippen molar-refractivity contribution in [3.63, 3.8) is 0 Å². The molecule has 0 radical (unpaired) electrons. The number of benzene rings is 1. The van der Waals surface area contributed by atoms with Gasteiger partial charge in [-0.3, -0.25) is 4.98 Å². The van der Waals surface area contributed by atoms with Gasteiger partial charge in [-0.25, -0.2) is 0 Å². The fraction of sp³-hybridized carbons (Fsp3) is 0.389. The summed E-state index contributed by atoms with van der Waals surface area (Å²) in [6, 6.07) is 12.5. The summed E-state index contributed by atoms with van der Waals surface area (Å²) in [7, 11) is 0. The minimum Gasteiger partial charge on any atom is -0.456 e. The van der Waals surface area contributed by atoms with Crippen LogP contribution in [0, 0.1) is 0 Å². The molecule has 1 atom stereocenters. The molecule has 0 amide bonds. The zero-order chi connectivity index (χ0) is 15.1. The van der Waals surface area contributed by atoms with Crippen LogP contribution >= 0.6 is 0 Å². The summed E-state index contributed by atoms with van der Waals surface area (Å²) in [4.78, 5) is 4.45. The Morgan fingerprint density at radius 1 is 1.05 bits per heavy atom. The molecule has 1 aromatic carbocycles. The Bertz CT molecular complexity index is 534. The average molecular weight is 284 g/mol. The largest absolute Gasteiger partial charge is 0.456 e. The van der Waals surface area contributed by atoms with Crippen molar-refractivity contribution in [1.29, 1.82) is 0 Å². The maximum atomic E-state index is 5.82. The lowest BCUT2D eigenvalue weighted by Gasteiger charge is -2.12. The summed E-state index contributed by atoms with van der Waals surface area (Å²) in [5.74, 6) is 1.62. The second-order valence-corrected chi connectivity index (χ2v) is 5.19. The predicted molar refractivity (Wildman–Crippen MR) is 86.8 cm³/mol. The van der Waals surface area contributed by atoms with E-state index in [0.29, 0.717) is 0 Å². The number of nitrogens with zero attached hydrogens (tertiary/aromatic N) is 1. The lowest BCUT2D eigenvalue weighted by molar-refractivity contribution is 0.478. The zero-order valence-corrected chi connectivity index (χ0v) is 13.1. The normalized spacial score (nSPS) is 12.1. The molecule has 0 saturated heterocycles. The van der Waals surface area contributed by atoms with Gasteiger partial charge in [-0.15, -0.1) is 0 Å². The fourth-order valence-electron chi connectivity index (χ4n) is 2.27. The molecule has 3 heteroatoms. The number of hydrogen-bond donors (Lipinski definition) is 1. The van der Waals surface area contributed by atoms with Gasteiger partial charge in [0.25, 0.3) is 0 Å². The fourth-order valence-corrected chi connectivity index (χ4v) is 2.27. The van der Waals surface area contributed by atoms with Crippen LogP contribution in [-0.4, -0.2) is 11.5 Å². The van der Waals surface area contributed by atoms with Gasteiger partial charge in [0.05, 0.1) is 11.9 Å². The molecule has 112 valence electrons. The first kappa shape index (κ1) is 15.5. The summed E-state index contributed by atoms with van der Waals surface area (Å²) in [6.07, 6.45) is 4.05. The van der Waals surface area contributed by atoms with E-state index >= 15 is 0 Å². The number of rotatable bonds is 7. The molecule has 3 nitrogen and oxygen atoms in total. The molecular weight excluding hydrogens is 260 g/mol. The Kier molecular flexibility index (Phi) is 5.76. The van der Waals surface area contributed by atoms with Gasteiger partial charge in [0, 0.05) is 6.04 Å². The molecule has 0 aliphatic rings. The van der Waals surface area contributed by atoms with Gasteiger partial charge < -0.3 is 10.1 Å². The molecule has 0 fully saturated rings. The molecule has 1 unspecified atom stereocenters. The first-order valence-electron chi connectivity index (χ1n) is 7.69. The van der Waals surface area contributed by atoms with Crippen LogP contribution in [0.3, 0.4) is 0 Å². The summed E-state index contributed by atoms with van der Waals surface area (Å²) in [5.41, 5.74) is 2.38. The Labute approximate surface area is 127 Å². The lowest BCUT2D eigenvalue weighted by Crippen LogP contribution is -2.18. The van der Waals surface area contributed by atoms with E-state index in [4.69, 9.17) is 4.74 Å². The topological polar surface area (TPSA) is 34.1 Å². The molecule has 2 aromatic rings. The molecule has 0 aliphatic carbocycles. The maximum absolute atomic E-state index is 5.82. The second-order valence-electron chi connectivity index (χ2n) is 5.19. The van der Waals surface area contributed by atoms with Crippen molar-refractivity contribution in [3.8, 4) is 11.5 Å². The van der Waals surface area contributed by atoms with Gasteiger partial charge >= 0.3 is 0 Å². The van der Waals surface area contributed by atoms with E-state index in [9.17, 15) is 0 Å². The monoisotopic (exact) mass is 284 g/mol. The van der Waals surface area contributed by atoms with Gasteiger partial charge in [0.1, 0.15) is 11.5 Å². The Morgan fingerprint density at radius 3 is 2.33 bits per heavy atom. The quantitative estimate of drug-likeness (QED) is 0.813. The summed E-state index contributed by atoms with van der Waals surface area (Å²) < 4.78 is 5.82. The number of aromatic nitrogens is 1. The molecule has 0 spiro atoms.